The van der Waals surface area contributed by atoms with Crippen molar-refractivity contribution in [2.45, 2.75) is 19.9 Å². The highest BCUT2D eigenvalue weighted by molar-refractivity contribution is 5.88. The fourth-order valence-corrected chi connectivity index (χ4v) is 2.28. The Bertz CT molecular complexity index is 295. The number of likely N-dealkylation sites (tertiary alicyclic amines) is 1. The van der Waals surface area contributed by atoms with E-state index in [1.807, 2.05) is 6.08 Å². The summed E-state index contributed by atoms with van der Waals surface area (Å²) in [4.78, 5) is 24.2. The predicted molar refractivity (Wildman–Crippen MR) is 48.0 cm³/mol. The summed E-state index contributed by atoms with van der Waals surface area (Å²) in [6, 6.07) is -0.188. The van der Waals surface area contributed by atoms with Gasteiger partial charge in [-0.2, -0.15) is 0 Å². The van der Waals surface area contributed by atoms with E-state index in [1.165, 1.54) is 6.92 Å². The second kappa shape index (κ2) is 2.69. The molecule has 1 heterocycles. The number of rotatable bonds is 1. The van der Waals surface area contributed by atoms with Gasteiger partial charge in [0.15, 0.2) is 5.78 Å². The number of nitrogens with zero attached hydrogens (tertiary/aromatic N) is 1. The minimum Gasteiger partial charge on any atom is -0.332 e. The van der Waals surface area contributed by atoms with Crippen LogP contribution < -0.4 is 0 Å². The average Bonchev–Trinajstić information content (AvgIpc) is 2.23. The van der Waals surface area contributed by atoms with Crippen molar-refractivity contribution in [3.05, 3.63) is 12.2 Å². The van der Waals surface area contributed by atoms with E-state index in [2.05, 4.69) is 6.08 Å². The van der Waals surface area contributed by atoms with Gasteiger partial charge in [-0.15, -0.1) is 0 Å². The Kier molecular flexibility index (Phi) is 1.75. The SMILES string of the molecule is CC(=O)[C@@H]1[C@H]2C=C[C@H]2CN1C(C)=O. The van der Waals surface area contributed by atoms with Gasteiger partial charge < -0.3 is 4.90 Å². The Labute approximate surface area is 77.4 Å². The van der Waals surface area contributed by atoms with Crippen molar-refractivity contribution in [1.29, 1.82) is 0 Å². The second-order valence-corrected chi connectivity index (χ2v) is 3.85. The lowest BCUT2D eigenvalue weighted by Gasteiger charge is -2.25. The van der Waals surface area contributed by atoms with Gasteiger partial charge in [0.25, 0.3) is 0 Å². The number of ketones is 1. The molecule has 2 rings (SSSR count). The number of carbonyl (C=O) groups excluding carboxylic acids is 2. The molecule has 1 fully saturated rings. The summed E-state index contributed by atoms with van der Waals surface area (Å²) < 4.78 is 0. The molecule has 1 aliphatic carbocycles. The van der Waals surface area contributed by atoms with Crippen LogP contribution in [0.25, 0.3) is 0 Å². The van der Waals surface area contributed by atoms with Crippen LogP contribution in [0.3, 0.4) is 0 Å². The van der Waals surface area contributed by atoms with E-state index in [9.17, 15) is 9.59 Å². The van der Waals surface area contributed by atoms with E-state index in [0.717, 1.165) is 6.54 Å². The molecule has 3 nitrogen and oxygen atoms in total. The van der Waals surface area contributed by atoms with Crippen molar-refractivity contribution in [3.8, 4) is 0 Å². The molecule has 0 aromatic rings. The summed E-state index contributed by atoms with van der Waals surface area (Å²) in [7, 11) is 0. The zero-order valence-electron chi connectivity index (χ0n) is 7.86. The quantitative estimate of drug-likeness (QED) is 0.553. The zero-order valence-corrected chi connectivity index (χ0v) is 7.86. The largest absolute Gasteiger partial charge is 0.332 e. The lowest BCUT2D eigenvalue weighted by Crippen LogP contribution is -2.41. The first-order valence-electron chi connectivity index (χ1n) is 4.57. The van der Waals surface area contributed by atoms with E-state index in [1.54, 1.807) is 11.8 Å². The van der Waals surface area contributed by atoms with Crippen LogP contribution in [0.2, 0.25) is 0 Å². The Morgan fingerprint density at radius 3 is 2.38 bits per heavy atom. The summed E-state index contributed by atoms with van der Waals surface area (Å²) in [5.74, 6) is 0.836. The molecule has 3 heteroatoms. The standard InChI is InChI=1S/C10H13NO2/c1-6(12)10-9-4-3-8(9)5-11(10)7(2)13/h3-4,8-10H,5H2,1-2H3/t8-,9-,10+/m0/s1. The highest BCUT2D eigenvalue weighted by Gasteiger charge is 2.46. The monoisotopic (exact) mass is 179 g/mol. The molecule has 2 aliphatic rings. The van der Waals surface area contributed by atoms with Gasteiger partial charge in [-0.1, -0.05) is 12.2 Å². The molecule has 0 bridgehead atoms. The molecule has 70 valence electrons. The summed E-state index contributed by atoms with van der Waals surface area (Å²) in [5, 5.41) is 0. The molecule has 0 radical (unpaired) electrons. The van der Waals surface area contributed by atoms with E-state index in [4.69, 9.17) is 0 Å². The van der Waals surface area contributed by atoms with Crippen LogP contribution >= 0.6 is 0 Å². The molecule has 0 N–H and O–H groups in total. The van der Waals surface area contributed by atoms with Gasteiger partial charge in [0, 0.05) is 25.3 Å². The summed E-state index contributed by atoms with van der Waals surface area (Å²) in [6.45, 7) is 3.82. The van der Waals surface area contributed by atoms with Gasteiger partial charge in [0.1, 0.15) is 0 Å². The number of hydrogen-bond acceptors (Lipinski definition) is 2. The van der Waals surface area contributed by atoms with Crippen molar-refractivity contribution in [3.63, 3.8) is 0 Å². The minimum absolute atomic E-state index is 0.0106. The average molecular weight is 179 g/mol. The van der Waals surface area contributed by atoms with Crippen molar-refractivity contribution in [1.82, 2.24) is 4.90 Å². The van der Waals surface area contributed by atoms with Gasteiger partial charge in [-0.25, -0.2) is 0 Å². The lowest BCUT2D eigenvalue weighted by molar-refractivity contribution is -0.135. The number of carbonyl (C=O) groups is 2. The Balaban J connectivity index is 2.23. The van der Waals surface area contributed by atoms with Crippen LogP contribution in [0.1, 0.15) is 13.8 Å². The van der Waals surface area contributed by atoms with Gasteiger partial charge in [-0.05, 0) is 6.92 Å². The molecule has 0 aromatic heterocycles. The summed E-state index contributed by atoms with van der Waals surface area (Å²) >= 11 is 0. The maximum Gasteiger partial charge on any atom is 0.220 e. The smallest absolute Gasteiger partial charge is 0.220 e. The normalized spacial score (nSPS) is 35.5. The Hall–Kier alpha value is -1.12. The van der Waals surface area contributed by atoms with E-state index >= 15 is 0 Å². The van der Waals surface area contributed by atoms with Gasteiger partial charge in [0.05, 0.1) is 6.04 Å². The Morgan fingerprint density at radius 2 is 2.00 bits per heavy atom. The number of amides is 1. The first-order chi connectivity index (χ1) is 6.11. The van der Waals surface area contributed by atoms with Crippen LogP contribution in [-0.2, 0) is 9.59 Å². The van der Waals surface area contributed by atoms with Crippen molar-refractivity contribution >= 4 is 11.7 Å². The molecule has 1 saturated heterocycles. The summed E-state index contributed by atoms with van der Waals surface area (Å²) in [5.41, 5.74) is 0. The third kappa shape index (κ3) is 1.10. The van der Waals surface area contributed by atoms with Crippen LogP contribution in [-0.4, -0.2) is 29.2 Å². The van der Waals surface area contributed by atoms with Crippen LogP contribution in [0, 0.1) is 11.8 Å². The maximum absolute atomic E-state index is 11.3. The lowest BCUT2D eigenvalue weighted by atomic mass is 9.80. The van der Waals surface area contributed by atoms with Gasteiger partial charge in [0.2, 0.25) is 5.91 Å². The van der Waals surface area contributed by atoms with Crippen LogP contribution in [0.5, 0.6) is 0 Å². The molecular formula is C10H13NO2. The minimum atomic E-state index is -0.188. The second-order valence-electron chi connectivity index (χ2n) is 3.85. The third-order valence-corrected chi connectivity index (χ3v) is 3.00. The molecule has 0 aromatic carbocycles. The highest BCUT2D eigenvalue weighted by atomic mass is 16.2. The van der Waals surface area contributed by atoms with E-state index in [-0.39, 0.29) is 17.7 Å². The van der Waals surface area contributed by atoms with Gasteiger partial charge in [-0.3, -0.25) is 9.59 Å². The molecule has 0 unspecified atom stereocenters. The predicted octanol–water partition coefficient (Wildman–Crippen LogP) is 0.608. The van der Waals surface area contributed by atoms with Crippen LogP contribution in [0.15, 0.2) is 12.2 Å². The molecule has 0 spiro atoms. The molecule has 0 saturated carbocycles. The van der Waals surface area contributed by atoms with Crippen molar-refractivity contribution in [2.75, 3.05) is 6.54 Å². The maximum atomic E-state index is 11.3. The van der Waals surface area contributed by atoms with E-state index in [0.29, 0.717) is 11.8 Å². The zero-order chi connectivity index (χ0) is 9.59. The first-order valence-corrected chi connectivity index (χ1v) is 4.57. The molecule has 1 amide bonds. The fraction of sp³-hybridized carbons (Fsp3) is 0.600. The molecule has 13 heavy (non-hydrogen) atoms. The third-order valence-electron chi connectivity index (χ3n) is 3.00. The first kappa shape index (κ1) is 8.48. The number of Topliss-reactive ketones (excluding diaryl/α,β-unsaturated/α-hetero) is 1. The highest BCUT2D eigenvalue weighted by Crippen LogP contribution is 2.38. The van der Waals surface area contributed by atoms with Gasteiger partial charge >= 0.3 is 0 Å². The van der Waals surface area contributed by atoms with Crippen molar-refractivity contribution < 1.29 is 9.59 Å². The number of fused-ring (bicyclic) bond motifs is 1. The molecule has 1 aliphatic heterocycles. The summed E-state index contributed by atoms with van der Waals surface area (Å²) in [6.07, 6.45) is 4.13. The molecular weight excluding hydrogens is 166 g/mol. The fourth-order valence-electron chi connectivity index (χ4n) is 2.28. The Morgan fingerprint density at radius 1 is 1.31 bits per heavy atom. The van der Waals surface area contributed by atoms with Crippen LogP contribution in [0.4, 0.5) is 0 Å². The topological polar surface area (TPSA) is 37.4 Å². The van der Waals surface area contributed by atoms with E-state index < -0.39 is 0 Å². The molecule has 3 atom stereocenters. The van der Waals surface area contributed by atoms with Crippen molar-refractivity contribution in [2.24, 2.45) is 11.8 Å². The number of hydrogen-bond donors (Lipinski definition) is 0.